The molecule has 0 saturated carbocycles. The number of amides is 1. The van der Waals surface area contributed by atoms with Gasteiger partial charge in [-0.25, -0.2) is 0 Å². The number of para-hydroxylation sites is 1. The number of piperidine rings is 1. The van der Waals surface area contributed by atoms with Crippen LogP contribution in [0.3, 0.4) is 0 Å². The highest BCUT2D eigenvalue weighted by atomic mass is 35.5. The number of furan rings is 1. The van der Waals surface area contributed by atoms with Gasteiger partial charge in [0.15, 0.2) is 0 Å². The molecule has 2 aromatic rings. The summed E-state index contributed by atoms with van der Waals surface area (Å²) < 4.78 is 11.6. The van der Waals surface area contributed by atoms with Crippen molar-refractivity contribution in [2.75, 3.05) is 27.2 Å². The van der Waals surface area contributed by atoms with E-state index in [0.29, 0.717) is 19.4 Å². The fraction of sp³-hybridized carbons (Fsp3) is 0.526. The van der Waals surface area contributed by atoms with Crippen LogP contribution in [0.5, 0.6) is 0 Å². The Hall–Kier alpha value is -1.56. The summed E-state index contributed by atoms with van der Waals surface area (Å²) >= 11 is 0. The lowest BCUT2D eigenvalue weighted by atomic mass is 9.90. The van der Waals surface area contributed by atoms with E-state index in [2.05, 4.69) is 18.3 Å². The highest BCUT2D eigenvalue weighted by Gasteiger charge is 2.41. The highest BCUT2D eigenvalue weighted by Crippen LogP contribution is 2.30. The molecule has 3 rings (SSSR count). The number of carbonyl (C=O) groups is 1. The Morgan fingerprint density at radius 1 is 1.32 bits per heavy atom. The van der Waals surface area contributed by atoms with Gasteiger partial charge in [0.2, 0.25) is 0 Å². The number of hydrogen-bond donors (Lipinski definition) is 1. The monoisotopic (exact) mass is 366 g/mol. The minimum absolute atomic E-state index is 0. The molecule has 0 bridgehead atoms. The fourth-order valence-electron chi connectivity index (χ4n) is 3.60. The van der Waals surface area contributed by atoms with E-state index in [0.717, 1.165) is 41.8 Å². The number of ether oxygens (including phenoxy) is 1. The molecule has 0 aliphatic carbocycles. The second-order valence-electron chi connectivity index (χ2n) is 6.46. The number of nitrogens with one attached hydrogen (secondary N) is 1. The second-order valence-corrected chi connectivity index (χ2v) is 6.46. The normalized spacial score (nSPS) is 16.4. The van der Waals surface area contributed by atoms with E-state index in [4.69, 9.17) is 9.15 Å². The average molecular weight is 367 g/mol. The smallest absolute Gasteiger partial charge is 0.254 e. The second kappa shape index (κ2) is 8.21. The molecular weight excluding hydrogens is 340 g/mol. The SMILES string of the molecule is CCc1oc2ccccc2c1CN(C)C(=O)C1(OC)CCNCC1.Cl. The molecule has 2 heterocycles. The molecule has 1 aromatic heterocycles. The zero-order chi connectivity index (χ0) is 17.2. The standard InChI is InChI=1S/C19H26N2O3.ClH/c1-4-16-15(14-7-5-6-8-17(14)24-16)13-21(2)18(22)19(23-3)9-11-20-12-10-19;/h5-8,20H,4,9-13H2,1-3H3;1H. The Balaban J connectivity index is 0.00000225. The lowest BCUT2D eigenvalue weighted by Crippen LogP contribution is -2.54. The van der Waals surface area contributed by atoms with Gasteiger partial charge in [0.25, 0.3) is 5.91 Å². The van der Waals surface area contributed by atoms with E-state index < -0.39 is 5.60 Å². The molecule has 138 valence electrons. The van der Waals surface area contributed by atoms with E-state index in [1.54, 1.807) is 12.0 Å². The molecule has 0 unspecified atom stereocenters. The number of carbonyl (C=O) groups excluding carboxylic acids is 1. The van der Waals surface area contributed by atoms with Crippen LogP contribution in [0, 0.1) is 0 Å². The van der Waals surface area contributed by atoms with Crippen molar-refractivity contribution in [1.29, 1.82) is 0 Å². The molecule has 1 aliphatic heterocycles. The molecule has 6 heteroatoms. The Bertz CT molecular complexity index is 723. The summed E-state index contributed by atoms with van der Waals surface area (Å²) in [6.07, 6.45) is 2.23. The largest absolute Gasteiger partial charge is 0.461 e. The van der Waals surface area contributed by atoms with Crippen molar-refractivity contribution in [3.8, 4) is 0 Å². The van der Waals surface area contributed by atoms with Crippen molar-refractivity contribution < 1.29 is 13.9 Å². The molecule has 1 aliphatic rings. The average Bonchev–Trinajstić information content (AvgIpc) is 2.99. The molecule has 1 aromatic carbocycles. The summed E-state index contributed by atoms with van der Waals surface area (Å²) in [5.41, 5.74) is 1.28. The number of likely N-dealkylation sites (N-methyl/N-ethyl adjacent to an activating group) is 1. The van der Waals surface area contributed by atoms with Crippen LogP contribution in [0.15, 0.2) is 28.7 Å². The predicted molar refractivity (Wildman–Crippen MR) is 101 cm³/mol. The summed E-state index contributed by atoms with van der Waals surface area (Å²) in [6.45, 7) is 4.23. The van der Waals surface area contributed by atoms with Crippen molar-refractivity contribution in [2.45, 2.75) is 38.3 Å². The molecule has 5 nitrogen and oxygen atoms in total. The van der Waals surface area contributed by atoms with Crippen LogP contribution in [-0.4, -0.2) is 43.7 Å². The summed E-state index contributed by atoms with van der Waals surface area (Å²) in [6, 6.07) is 8.01. The fourth-order valence-corrected chi connectivity index (χ4v) is 3.60. The van der Waals surface area contributed by atoms with Crippen LogP contribution in [0.2, 0.25) is 0 Å². The maximum Gasteiger partial charge on any atom is 0.254 e. The lowest BCUT2D eigenvalue weighted by Gasteiger charge is -2.37. The molecule has 25 heavy (non-hydrogen) atoms. The third-order valence-corrected chi connectivity index (χ3v) is 5.04. The van der Waals surface area contributed by atoms with Crippen molar-refractivity contribution in [3.05, 3.63) is 35.6 Å². The van der Waals surface area contributed by atoms with Gasteiger partial charge in [0.1, 0.15) is 16.9 Å². The predicted octanol–water partition coefficient (Wildman–Crippen LogP) is 3.14. The van der Waals surface area contributed by atoms with Gasteiger partial charge in [-0.3, -0.25) is 4.79 Å². The number of benzene rings is 1. The number of nitrogens with zero attached hydrogens (tertiary/aromatic N) is 1. The molecule has 0 radical (unpaired) electrons. The zero-order valence-corrected chi connectivity index (χ0v) is 15.9. The van der Waals surface area contributed by atoms with E-state index in [-0.39, 0.29) is 18.3 Å². The van der Waals surface area contributed by atoms with E-state index in [1.165, 1.54) is 0 Å². The quantitative estimate of drug-likeness (QED) is 0.883. The number of aryl methyl sites for hydroxylation is 1. The Morgan fingerprint density at radius 2 is 2.00 bits per heavy atom. The van der Waals surface area contributed by atoms with Crippen LogP contribution in [-0.2, 0) is 22.5 Å². The number of methoxy groups -OCH3 is 1. The third kappa shape index (κ3) is 3.68. The van der Waals surface area contributed by atoms with Gasteiger partial charge in [-0.2, -0.15) is 0 Å². The van der Waals surface area contributed by atoms with E-state index in [1.807, 2.05) is 25.2 Å². The van der Waals surface area contributed by atoms with Crippen molar-refractivity contribution in [3.63, 3.8) is 0 Å². The van der Waals surface area contributed by atoms with Crippen LogP contribution >= 0.6 is 12.4 Å². The topological polar surface area (TPSA) is 54.7 Å². The summed E-state index contributed by atoms with van der Waals surface area (Å²) in [5.74, 6) is 1.01. The molecular formula is C19H27ClN2O3. The van der Waals surface area contributed by atoms with Crippen molar-refractivity contribution in [1.82, 2.24) is 10.2 Å². The molecule has 0 atom stereocenters. The molecule has 1 amide bonds. The van der Waals surface area contributed by atoms with Crippen molar-refractivity contribution in [2.24, 2.45) is 0 Å². The summed E-state index contributed by atoms with van der Waals surface area (Å²) in [7, 11) is 3.49. The van der Waals surface area contributed by atoms with Gasteiger partial charge in [-0.15, -0.1) is 12.4 Å². The van der Waals surface area contributed by atoms with Crippen LogP contribution in [0.25, 0.3) is 11.0 Å². The van der Waals surface area contributed by atoms with Gasteiger partial charge in [0.05, 0.1) is 0 Å². The minimum Gasteiger partial charge on any atom is -0.461 e. The van der Waals surface area contributed by atoms with E-state index >= 15 is 0 Å². The summed E-state index contributed by atoms with van der Waals surface area (Å²) in [5, 5.41) is 4.38. The first-order valence-electron chi connectivity index (χ1n) is 8.62. The third-order valence-electron chi connectivity index (χ3n) is 5.04. The Labute approximate surface area is 155 Å². The zero-order valence-electron chi connectivity index (χ0n) is 15.1. The Morgan fingerprint density at radius 3 is 2.64 bits per heavy atom. The summed E-state index contributed by atoms with van der Waals surface area (Å²) in [4.78, 5) is 14.8. The number of hydrogen-bond acceptors (Lipinski definition) is 4. The van der Waals surface area contributed by atoms with Gasteiger partial charge < -0.3 is 19.4 Å². The first kappa shape index (κ1) is 19.8. The van der Waals surface area contributed by atoms with Gasteiger partial charge in [-0.05, 0) is 32.0 Å². The molecule has 1 fully saturated rings. The minimum atomic E-state index is -0.702. The van der Waals surface area contributed by atoms with Gasteiger partial charge in [-0.1, -0.05) is 25.1 Å². The van der Waals surface area contributed by atoms with Crippen LogP contribution in [0.1, 0.15) is 31.1 Å². The maximum atomic E-state index is 13.1. The van der Waals surface area contributed by atoms with Gasteiger partial charge >= 0.3 is 0 Å². The molecule has 1 saturated heterocycles. The van der Waals surface area contributed by atoms with E-state index in [9.17, 15) is 4.79 Å². The van der Waals surface area contributed by atoms with Crippen LogP contribution in [0.4, 0.5) is 0 Å². The Kier molecular flexibility index (Phi) is 6.49. The molecule has 0 spiro atoms. The number of rotatable bonds is 5. The number of fused-ring (bicyclic) bond motifs is 1. The maximum absolute atomic E-state index is 13.1. The first-order chi connectivity index (χ1) is 11.6. The number of halogens is 1. The van der Waals surface area contributed by atoms with Crippen LogP contribution < -0.4 is 5.32 Å². The van der Waals surface area contributed by atoms with Crippen molar-refractivity contribution >= 4 is 29.3 Å². The lowest BCUT2D eigenvalue weighted by molar-refractivity contribution is -0.157. The highest BCUT2D eigenvalue weighted by molar-refractivity contribution is 5.87. The first-order valence-corrected chi connectivity index (χ1v) is 8.62. The van der Waals surface area contributed by atoms with Gasteiger partial charge in [0, 0.05) is 38.1 Å². The molecule has 1 N–H and O–H groups in total.